The zero-order valence-corrected chi connectivity index (χ0v) is 22.8. The highest BCUT2D eigenvalue weighted by molar-refractivity contribution is 5.80. The highest BCUT2D eigenvalue weighted by Gasteiger charge is 2.32. The maximum atomic E-state index is 13.7. The summed E-state index contributed by atoms with van der Waals surface area (Å²) < 4.78 is 15.8. The Morgan fingerprint density at radius 1 is 0.897 bits per heavy atom. The van der Waals surface area contributed by atoms with E-state index in [0.717, 1.165) is 74.7 Å². The Kier molecular flexibility index (Phi) is 7.09. The smallest absolute Gasteiger partial charge is 0.227 e. The van der Waals surface area contributed by atoms with E-state index in [2.05, 4.69) is 57.4 Å². The number of likely N-dealkylation sites (tertiary alicyclic amines) is 1. The van der Waals surface area contributed by atoms with Crippen LogP contribution in [0.25, 0.3) is 16.7 Å². The molecule has 4 aromatic rings. The Labute approximate surface area is 229 Å². The molecule has 7 heteroatoms. The molecule has 6 nitrogen and oxygen atoms in total. The number of anilines is 1. The molecule has 202 valence electrons. The third-order valence-electron chi connectivity index (χ3n) is 8.38. The number of carbonyl (C=O) groups excluding carboxylic acids is 1. The van der Waals surface area contributed by atoms with Gasteiger partial charge in [0.25, 0.3) is 0 Å². The van der Waals surface area contributed by atoms with E-state index in [0.29, 0.717) is 6.54 Å². The van der Waals surface area contributed by atoms with Gasteiger partial charge in [0.15, 0.2) is 0 Å². The third kappa shape index (κ3) is 5.28. The van der Waals surface area contributed by atoms with E-state index in [9.17, 15) is 9.18 Å². The summed E-state index contributed by atoms with van der Waals surface area (Å²) in [7, 11) is 0. The Morgan fingerprint density at radius 3 is 2.41 bits per heavy atom. The fourth-order valence-electron chi connectivity index (χ4n) is 6.03. The number of imidazole rings is 1. The zero-order chi connectivity index (χ0) is 26.9. The van der Waals surface area contributed by atoms with Gasteiger partial charge in [0.1, 0.15) is 11.6 Å². The number of hydrogen-bond acceptors (Lipinski definition) is 4. The molecule has 39 heavy (non-hydrogen) atoms. The summed E-state index contributed by atoms with van der Waals surface area (Å²) in [5.41, 5.74) is 6.68. The van der Waals surface area contributed by atoms with Crippen LogP contribution in [-0.2, 0) is 11.3 Å². The van der Waals surface area contributed by atoms with Crippen LogP contribution in [0.2, 0.25) is 0 Å². The molecule has 3 aromatic carbocycles. The molecule has 6 rings (SSSR count). The first-order valence-electron chi connectivity index (χ1n) is 14.0. The molecule has 3 heterocycles. The summed E-state index contributed by atoms with van der Waals surface area (Å²) in [5.74, 6) is 0.955. The van der Waals surface area contributed by atoms with Crippen molar-refractivity contribution in [3.05, 3.63) is 89.5 Å². The maximum Gasteiger partial charge on any atom is 0.227 e. The van der Waals surface area contributed by atoms with Gasteiger partial charge in [0, 0.05) is 44.1 Å². The Hall–Kier alpha value is -3.71. The monoisotopic (exact) mass is 525 g/mol. The molecule has 0 radical (unpaired) electrons. The first-order valence-corrected chi connectivity index (χ1v) is 14.0. The summed E-state index contributed by atoms with van der Waals surface area (Å²) in [6, 6.07) is 21.3. The number of para-hydroxylation sites is 2. The lowest BCUT2D eigenvalue weighted by molar-refractivity contribution is -0.137. The SMILES string of the molecule is Cc1ccc(N2CCN(C(=O)[C@@H]3CCCN(Cc4nc5ccccc5n4-c4ccc(F)cc4)C3)CC2)cc1C. The van der Waals surface area contributed by atoms with Crippen molar-refractivity contribution in [1.82, 2.24) is 19.4 Å². The van der Waals surface area contributed by atoms with Gasteiger partial charge in [-0.15, -0.1) is 0 Å². The molecule has 0 saturated carbocycles. The maximum absolute atomic E-state index is 13.7. The lowest BCUT2D eigenvalue weighted by Gasteiger charge is -2.39. The average molecular weight is 526 g/mol. The van der Waals surface area contributed by atoms with Gasteiger partial charge in [-0.05, 0) is 92.9 Å². The summed E-state index contributed by atoms with van der Waals surface area (Å²) in [5, 5.41) is 0. The number of halogens is 1. The van der Waals surface area contributed by atoms with Gasteiger partial charge >= 0.3 is 0 Å². The molecular formula is C32H36FN5O. The minimum Gasteiger partial charge on any atom is -0.368 e. The molecular weight excluding hydrogens is 489 g/mol. The molecule has 0 N–H and O–H groups in total. The third-order valence-corrected chi connectivity index (χ3v) is 8.38. The van der Waals surface area contributed by atoms with Gasteiger partial charge in [-0.1, -0.05) is 18.2 Å². The highest BCUT2D eigenvalue weighted by Crippen LogP contribution is 2.27. The van der Waals surface area contributed by atoms with Crippen molar-refractivity contribution in [3.8, 4) is 5.69 Å². The fourth-order valence-corrected chi connectivity index (χ4v) is 6.03. The Morgan fingerprint density at radius 2 is 1.64 bits per heavy atom. The van der Waals surface area contributed by atoms with Gasteiger partial charge in [-0.25, -0.2) is 9.37 Å². The Bertz CT molecular complexity index is 1470. The number of nitrogens with zero attached hydrogens (tertiary/aromatic N) is 5. The van der Waals surface area contributed by atoms with Gasteiger partial charge in [0.05, 0.1) is 23.5 Å². The number of aryl methyl sites for hydroxylation is 2. The van der Waals surface area contributed by atoms with Crippen molar-refractivity contribution in [2.75, 3.05) is 44.2 Å². The lowest BCUT2D eigenvalue weighted by atomic mass is 9.96. The van der Waals surface area contributed by atoms with Crippen molar-refractivity contribution in [3.63, 3.8) is 0 Å². The van der Waals surface area contributed by atoms with E-state index in [1.165, 1.54) is 28.9 Å². The predicted octanol–water partition coefficient (Wildman–Crippen LogP) is 5.34. The van der Waals surface area contributed by atoms with Crippen LogP contribution >= 0.6 is 0 Å². The largest absolute Gasteiger partial charge is 0.368 e. The number of hydrogen-bond donors (Lipinski definition) is 0. The molecule has 2 saturated heterocycles. The number of piperidine rings is 1. The topological polar surface area (TPSA) is 44.6 Å². The summed E-state index contributed by atoms with van der Waals surface area (Å²) in [6.45, 7) is 9.89. The van der Waals surface area contributed by atoms with Crippen LogP contribution in [0, 0.1) is 25.6 Å². The molecule has 1 aromatic heterocycles. The molecule has 2 fully saturated rings. The van der Waals surface area contributed by atoms with Crippen LogP contribution in [0.5, 0.6) is 0 Å². The van der Waals surface area contributed by atoms with Crippen molar-refractivity contribution in [2.24, 2.45) is 5.92 Å². The number of benzene rings is 3. The highest BCUT2D eigenvalue weighted by atomic mass is 19.1. The zero-order valence-electron chi connectivity index (χ0n) is 22.8. The van der Waals surface area contributed by atoms with Crippen LogP contribution in [-0.4, -0.2) is 64.5 Å². The van der Waals surface area contributed by atoms with Crippen LogP contribution < -0.4 is 4.90 Å². The van der Waals surface area contributed by atoms with E-state index in [-0.39, 0.29) is 17.6 Å². The molecule has 1 atom stereocenters. The number of carbonyl (C=O) groups is 1. The quantitative estimate of drug-likeness (QED) is 0.353. The minimum atomic E-state index is -0.253. The van der Waals surface area contributed by atoms with E-state index in [4.69, 9.17) is 4.98 Å². The average Bonchev–Trinajstić information content (AvgIpc) is 3.32. The van der Waals surface area contributed by atoms with Crippen LogP contribution in [0.1, 0.15) is 29.8 Å². The van der Waals surface area contributed by atoms with Gasteiger partial charge in [-0.2, -0.15) is 0 Å². The van der Waals surface area contributed by atoms with Crippen molar-refractivity contribution in [2.45, 2.75) is 33.2 Å². The molecule has 0 spiro atoms. The van der Waals surface area contributed by atoms with E-state index < -0.39 is 0 Å². The number of amides is 1. The van der Waals surface area contributed by atoms with Gasteiger partial charge < -0.3 is 9.80 Å². The van der Waals surface area contributed by atoms with Crippen LogP contribution in [0.3, 0.4) is 0 Å². The van der Waals surface area contributed by atoms with Crippen molar-refractivity contribution >= 4 is 22.6 Å². The summed E-state index contributed by atoms with van der Waals surface area (Å²) in [4.78, 5) is 25.3. The summed E-state index contributed by atoms with van der Waals surface area (Å²) >= 11 is 0. The van der Waals surface area contributed by atoms with Gasteiger partial charge in [0.2, 0.25) is 5.91 Å². The second-order valence-electron chi connectivity index (χ2n) is 11.0. The summed E-state index contributed by atoms with van der Waals surface area (Å²) in [6.07, 6.45) is 1.93. The van der Waals surface area contributed by atoms with E-state index in [1.54, 1.807) is 12.1 Å². The lowest BCUT2D eigenvalue weighted by Crippen LogP contribution is -2.52. The predicted molar refractivity (Wildman–Crippen MR) is 154 cm³/mol. The van der Waals surface area contributed by atoms with Crippen molar-refractivity contribution < 1.29 is 9.18 Å². The standard InChI is InChI=1S/C32H36FN5O/c1-23-9-12-28(20-24(23)2)36-16-18-37(19-17-36)32(39)25-6-5-15-35(21-25)22-31-34-29-7-3-4-8-30(29)38(31)27-13-10-26(33)11-14-27/h3-4,7-14,20,25H,5-6,15-19,21-22H2,1-2H3/t25-/m1/s1. The second-order valence-corrected chi connectivity index (χ2v) is 11.0. The molecule has 0 aliphatic carbocycles. The van der Waals surface area contributed by atoms with E-state index >= 15 is 0 Å². The van der Waals surface area contributed by atoms with Crippen LogP contribution in [0.15, 0.2) is 66.7 Å². The molecule has 2 aliphatic rings. The van der Waals surface area contributed by atoms with Gasteiger partial charge in [-0.3, -0.25) is 14.3 Å². The number of piperazine rings is 1. The molecule has 0 unspecified atom stereocenters. The van der Waals surface area contributed by atoms with Crippen molar-refractivity contribution in [1.29, 1.82) is 0 Å². The van der Waals surface area contributed by atoms with E-state index in [1.807, 2.05) is 18.2 Å². The number of fused-ring (bicyclic) bond motifs is 1. The molecule has 0 bridgehead atoms. The molecule has 1 amide bonds. The first kappa shape index (κ1) is 25.6. The normalized spacial score (nSPS) is 18.6. The fraction of sp³-hybridized carbons (Fsp3) is 0.375. The first-order chi connectivity index (χ1) is 19.0. The minimum absolute atomic E-state index is 0.00979. The molecule has 2 aliphatic heterocycles. The number of rotatable bonds is 5. The van der Waals surface area contributed by atoms with Crippen LogP contribution in [0.4, 0.5) is 10.1 Å². The Balaban J connectivity index is 1.13. The number of aromatic nitrogens is 2. The second kappa shape index (κ2) is 10.8.